The topological polar surface area (TPSA) is 91.4 Å². The predicted molar refractivity (Wildman–Crippen MR) is 140 cm³/mol. The van der Waals surface area contributed by atoms with Crippen LogP contribution in [-0.4, -0.2) is 40.7 Å². The zero-order valence-corrected chi connectivity index (χ0v) is 21.7. The van der Waals surface area contributed by atoms with Gasteiger partial charge in [0.1, 0.15) is 6.54 Å². The largest absolute Gasteiger partial charge is 0.352 e. The molecule has 0 spiro atoms. The van der Waals surface area contributed by atoms with Crippen LogP contribution in [0.15, 0.2) is 53.9 Å². The number of hydrogen-bond acceptors (Lipinski definition) is 5. The lowest BCUT2D eigenvalue weighted by Crippen LogP contribution is -2.40. The highest BCUT2D eigenvalue weighted by molar-refractivity contribution is 7.13. The maximum atomic E-state index is 13.0. The normalized spacial score (nSPS) is 10.8. The Bertz CT molecular complexity index is 1180. The van der Waals surface area contributed by atoms with E-state index >= 15 is 0 Å². The molecule has 1 aromatic heterocycles. The highest BCUT2D eigenvalue weighted by Crippen LogP contribution is 2.23. The number of aromatic nitrogens is 1. The minimum Gasteiger partial charge on any atom is -0.352 e. The number of amides is 3. The molecule has 0 radical (unpaired) electrons. The molecule has 0 bridgehead atoms. The smallest absolute Gasteiger partial charge is 0.254 e. The maximum Gasteiger partial charge on any atom is 0.254 e. The van der Waals surface area contributed by atoms with Crippen molar-refractivity contribution < 1.29 is 14.4 Å². The molecule has 0 aliphatic rings. The molecule has 184 valence electrons. The Morgan fingerprint density at radius 3 is 2.46 bits per heavy atom. The Balaban J connectivity index is 1.56. The Labute approximate surface area is 218 Å². The molecule has 7 nitrogen and oxygen atoms in total. The van der Waals surface area contributed by atoms with Crippen molar-refractivity contribution in [1.82, 2.24) is 15.2 Å². The van der Waals surface area contributed by atoms with Crippen LogP contribution in [0.5, 0.6) is 0 Å². The molecule has 2 aromatic carbocycles. The predicted octanol–water partition coefficient (Wildman–Crippen LogP) is 5.05. The molecule has 2 N–H and O–H groups in total. The van der Waals surface area contributed by atoms with Crippen molar-refractivity contribution in [2.75, 3.05) is 18.4 Å². The second kappa shape index (κ2) is 12.7. The van der Waals surface area contributed by atoms with E-state index in [4.69, 9.17) is 23.2 Å². The van der Waals surface area contributed by atoms with Gasteiger partial charge in [0.05, 0.1) is 22.2 Å². The molecule has 0 aliphatic carbocycles. The third-order valence-corrected chi connectivity index (χ3v) is 6.39. The molecule has 3 rings (SSSR count). The van der Waals surface area contributed by atoms with Crippen LogP contribution in [-0.2, 0) is 22.6 Å². The van der Waals surface area contributed by atoms with Crippen molar-refractivity contribution in [2.45, 2.75) is 26.8 Å². The molecule has 1 heterocycles. The van der Waals surface area contributed by atoms with Gasteiger partial charge in [0.25, 0.3) is 5.91 Å². The summed E-state index contributed by atoms with van der Waals surface area (Å²) in [5.41, 5.74) is 1.92. The summed E-state index contributed by atoms with van der Waals surface area (Å²) in [6, 6.07) is 14.2. The zero-order chi connectivity index (χ0) is 25.4. The van der Waals surface area contributed by atoms with E-state index in [0.29, 0.717) is 34.5 Å². The van der Waals surface area contributed by atoms with Gasteiger partial charge in [-0.3, -0.25) is 14.4 Å². The summed E-state index contributed by atoms with van der Waals surface area (Å²) >= 11 is 13.2. The summed E-state index contributed by atoms with van der Waals surface area (Å²) in [5.74, 6) is -0.710. The van der Waals surface area contributed by atoms with Crippen molar-refractivity contribution in [3.05, 3.63) is 80.8 Å². The summed E-state index contributed by atoms with van der Waals surface area (Å²) in [5, 5.41) is 8.29. The maximum absolute atomic E-state index is 13.0. The van der Waals surface area contributed by atoms with E-state index in [1.54, 1.807) is 17.5 Å². The van der Waals surface area contributed by atoms with Gasteiger partial charge >= 0.3 is 0 Å². The number of anilines is 1. The molecule has 0 unspecified atom stereocenters. The number of benzene rings is 2. The first kappa shape index (κ1) is 26.7. The SMILES string of the molecule is CC(C)CN(CC(=O)Nc1nc(CC(=O)NCc2ccccc2)cs1)C(=O)c1ccc(Cl)c(Cl)c1. The second-order valence-electron chi connectivity index (χ2n) is 8.34. The molecule has 35 heavy (non-hydrogen) atoms. The lowest BCUT2D eigenvalue weighted by molar-refractivity contribution is -0.120. The summed E-state index contributed by atoms with van der Waals surface area (Å²) in [6.45, 7) is 4.60. The first-order chi connectivity index (χ1) is 16.7. The van der Waals surface area contributed by atoms with Crippen LogP contribution in [0.25, 0.3) is 0 Å². The molecule has 10 heteroatoms. The first-order valence-corrected chi connectivity index (χ1v) is 12.6. The van der Waals surface area contributed by atoms with Gasteiger partial charge < -0.3 is 15.5 Å². The van der Waals surface area contributed by atoms with Gasteiger partial charge in [0.2, 0.25) is 11.8 Å². The van der Waals surface area contributed by atoms with Crippen LogP contribution in [0.3, 0.4) is 0 Å². The van der Waals surface area contributed by atoms with E-state index in [-0.39, 0.29) is 41.6 Å². The molecule has 0 saturated heterocycles. The van der Waals surface area contributed by atoms with Crippen molar-refractivity contribution in [1.29, 1.82) is 0 Å². The van der Waals surface area contributed by atoms with Gasteiger partial charge in [-0.25, -0.2) is 4.98 Å². The molecule has 0 atom stereocenters. The number of hydrogen-bond donors (Lipinski definition) is 2. The monoisotopic (exact) mass is 532 g/mol. The fourth-order valence-electron chi connectivity index (χ4n) is 3.27. The standard InChI is InChI=1S/C25H26Cl2N4O3S/c1-16(2)13-31(24(34)18-8-9-20(26)21(27)10-18)14-23(33)30-25-29-19(15-35-25)11-22(32)28-12-17-6-4-3-5-7-17/h3-10,15-16H,11-14H2,1-2H3,(H,28,32)(H,29,30,33). The first-order valence-electron chi connectivity index (χ1n) is 11.0. The van der Waals surface area contributed by atoms with Crippen molar-refractivity contribution in [2.24, 2.45) is 5.92 Å². The van der Waals surface area contributed by atoms with Gasteiger partial charge in [0.15, 0.2) is 5.13 Å². The van der Waals surface area contributed by atoms with Gasteiger partial charge in [0, 0.05) is 24.0 Å². The third kappa shape index (κ3) is 8.35. The number of thiazole rings is 1. The number of nitrogens with zero attached hydrogens (tertiary/aromatic N) is 2. The molecule has 0 saturated carbocycles. The lowest BCUT2D eigenvalue weighted by atomic mass is 10.1. The summed E-state index contributed by atoms with van der Waals surface area (Å²) in [6.07, 6.45) is 0.106. The quantitative estimate of drug-likeness (QED) is 0.382. The van der Waals surface area contributed by atoms with E-state index in [1.807, 2.05) is 44.2 Å². The van der Waals surface area contributed by atoms with Crippen molar-refractivity contribution >= 4 is 57.4 Å². The van der Waals surface area contributed by atoms with Crippen LogP contribution < -0.4 is 10.6 Å². The van der Waals surface area contributed by atoms with Crippen LogP contribution in [0, 0.1) is 5.92 Å². The molecule has 3 amide bonds. The third-order valence-electron chi connectivity index (χ3n) is 4.85. The molecule has 0 fully saturated rings. The van der Waals surface area contributed by atoms with E-state index in [2.05, 4.69) is 15.6 Å². The summed E-state index contributed by atoms with van der Waals surface area (Å²) in [4.78, 5) is 43.7. The zero-order valence-electron chi connectivity index (χ0n) is 19.4. The minimum atomic E-state index is -0.381. The van der Waals surface area contributed by atoms with E-state index < -0.39 is 0 Å². The van der Waals surface area contributed by atoms with Crippen LogP contribution in [0.4, 0.5) is 5.13 Å². The Morgan fingerprint density at radius 1 is 1.03 bits per heavy atom. The second-order valence-corrected chi connectivity index (χ2v) is 10.0. The average molecular weight is 533 g/mol. The highest BCUT2D eigenvalue weighted by atomic mass is 35.5. The van der Waals surface area contributed by atoms with Crippen molar-refractivity contribution in [3.8, 4) is 0 Å². The van der Waals surface area contributed by atoms with E-state index in [0.717, 1.165) is 5.56 Å². The molecule has 3 aromatic rings. The Hall–Kier alpha value is -2.94. The lowest BCUT2D eigenvalue weighted by Gasteiger charge is -2.24. The van der Waals surface area contributed by atoms with E-state index in [9.17, 15) is 14.4 Å². The number of carbonyl (C=O) groups excluding carboxylic acids is 3. The fraction of sp³-hybridized carbons (Fsp3) is 0.280. The molecular weight excluding hydrogens is 507 g/mol. The van der Waals surface area contributed by atoms with Crippen molar-refractivity contribution in [3.63, 3.8) is 0 Å². The molecule has 0 aliphatic heterocycles. The number of rotatable bonds is 10. The summed E-state index contributed by atoms with van der Waals surface area (Å²) in [7, 11) is 0. The molecular formula is C25H26Cl2N4O3S. The van der Waals surface area contributed by atoms with Crippen LogP contribution in [0.2, 0.25) is 10.0 Å². The van der Waals surface area contributed by atoms with Gasteiger partial charge in [-0.2, -0.15) is 0 Å². The van der Waals surface area contributed by atoms with Gasteiger partial charge in [-0.05, 0) is 29.7 Å². The Kier molecular flexibility index (Phi) is 9.65. The minimum absolute atomic E-state index is 0.106. The van der Waals surface area contributed by atoms with Crippen LogP contribution in [0.1, 0.15) is 35.5 Å². The Morgan fingerprint density at radius 2 is 1.77 bits per heavy atom. The van der Waals surface area contributed by atoms with Crippen LogP contribution >= 0.6 is 34.5 Å². The number of halogens is 2. The number of carbonyl (C=O) groups is 3. The average Bonchev–Trinajstić information content (AvgIpc) is 3.25. The highest BCUT2D eigenvalue weighted by Gasteiger charge is 2.21. The summed E-state index contributed by atoms with van der Waals surface area (Å²) < 4.78 is 0. The van der Waals surface area contributed by atoms with Gasteiger partial charge in [-0.1, -0.05) is 67.4 Å². The fourth-order valence-corrected chi connectivity index (χ4v) is 4.30. The number of nitrogens with one attached hydrogen (secondary N) is 2. The van der Waals surface area contributed by atoms with E-state index in [1.165, 1.54) is 22.3 Å². The van der Waals surface area contributed by atoms with Gasteiger partial charge in [-0.15, -0.1) is 11.3 Å².